The molecule has 1 atom stereocenters. The molecule has 1 unspecified atom stereocenters. The van der Waals surface area contributed by atoms with Crippen LogP contribution in [0.3, 0.4) is 0 Å². The van der Waals surface area contributed by atoms with Gasteiger partial charge < -0.3 is 9.64 Å². The highest BCUT2D eigenvalue weighted by Gasteiger charge is 2.60. The first-order valence-corrected chi connectivity index (χ1v) is 10.3. The molecular formula is C21H16F4N4O3S. The number of carbonyl (C=O) groups is 2. The number of hydrogen-bond acceptors (Lipinski definition) is 6. The van der Waals surface area contributed by atoms with E-state index in [1.165, 1.54) is 23.1 Å². The second-order valence-corrected chi connectivity index (χ2v) is 8.21. The number of ether oxygens (including phenoxy) is 1. The van der Waals surface area contributed by atoms with E-state index in [0.29, 0.717) is 19.3 Å². The summed E-state index contributed by atoms with van der Waals surface area (Å²) in [6, 6.07) is 5.09. The fourth-order valence-electron chi connectivity index (χ4n) is 4.27. The standard InChI is InChI=1S/C21H16F4N4O3S/c1-32-17(30)13-4-3-11(8-15(13)22)29-19(33)28(18(31)20(29)5-2-6-20)12-7-14(21(23,24)25)16(9-26)27-10-12/h3-4,8,10,14H,2,5-7H2,1H3. The van der Waals surface area contributed by atoms with E-state index >= 15 is 0 Å². The predicted octanol–water partition coefficient (Wildman–Crippen LogP) is 3.86. The third-order valence-electron chi connectivity index (χ3n) is 6.10. The summed E-state index contributed by atoms with van der Waals surface area (Å²) < 4.78 is 59.6. The lowest BCUT2D eigenvalue weighted by molar-refractivity contribution is -0.156. The maximum absolute atomic E-state index is 14.6. The highest BCUT2D eigenvalue weighted by molar-refractivity contribution is 7.80. The molecule has 2 aliphatic heterocycles. The van der Waals surface area contributed by atoms with Gasteiger partial charge in [0, 0.05) is 24.0 Å². The van der Waals surface area contributed by atoms with Crippen LogP contribution in [0.15, 0.2) is 35.1 Å². The molecule has 33 heavy (non-hydrogen) atoms. The van der Waals surface area contributed by atoms with Crippen molar-refractivity contribution in [2.24, 2.45) is 10.9 Å². The Morgan fingerprint density at radius 3 is 2.58 bits per heavy atom. The third kappa shape index (κ3) is 3.47. The minimum absolute atomic E-state index is 0.0910. The van der Waals surface area contributed by atoms with E-state index in [-0.39, 0.29) is 22.1 Å². The maximum Gasteiger partial charge on any atom is 0.398 e. The molecule has 12 heteroatoms. The van der Waals surface area contributed by atoms with Gasteiger partial charge in [-0.15, -0.1) is 0 Å². The Balaban J connectivity index is 1.74. The Kier molecular flexibility index (Phi) is 5.48. The number of methoxy groups -OCH3 is 1. The van der Waals surface area contributed by atoms with Gasteiger partial charge in [0.2, 0.25) is 0 Å². The van der Waals surface area contributed by atoms with Gasteiger partial charge in [-0.2, -0.15) is 18.4 Å². The molecular weight excluding hydrogens is 464 g/mol. The number of carbonyl (C=O) groups excluding carboxylic acids is 2. The number of hydrogen-bond donors (Lipinski definition) is 0. The second kappa shape index (κ2) is 7.91. The average molecular weight is 480 g/mol. The molecule has 1 aromatic rings. The largest absolute Gasteiger partial charge is 0.465 e. The molecule has 1 amide bonds. The maximum atomic E-state index is 14.6. The van der Waals surface area contributed by atoms with Crippen molar-refractivity contribution < 1.29 is 31.9 Å². The lowest BCUT2D eigenvalue weighted by atomic mass is 9.75. The zero-order valence-corrected chi connectivity index (χ0v) is 18.0. The summed E-state index contributed by atoms with van der Waals surface area (Å²) in [6.45, 7) is 0. The van der Waals surface area contributed by atoms with E-state index in [9.17, 15) is 27.2 Å². The summed E-state index contributed by atoms with van der Waals surface area (Å²) in [7, 11) is 1.11. The number of thiocarbonyl (C=S) groups is 1. The van der Waals surface area contributed by atoms with Gasteiger partial charge in [-0.25, -0.2) is 14.2 Å². The van der Waals surface area contributed by atoms with E-state index in [1.54, 1.807) is 0 Å². The van der Waals surface area contributed by atoms with Gasteiger partial charge in [-0.1, -0.05) is 0 Å². The molecule has 1 spiro atoms. The van der Waals surface area contributed by atoms with Crippen LogP contribution in [0.5, 0.6) is 0 Å². The summed E-state index contributed by atoms with van der Waals surface area (Å²) in [4.78, 5) is 31.2. The summed E-state index contributed by atoms with van der Waals surface area (Å²) >= 11 is 5.47. The molecule has 1 aliphatic carbocycles. The van der Waals surface area contributed by atoms with Crippen LogP contribution in [0.1, 0.15) is 36.0 Å². The Labute approximate surface area is 190 Å². The Morgan fingerprint density at radius 1 is 1.36 bits per heavy atom. The molecule has 2 heterocycles. The summed E-state index contributed by atoms with van der Waals surface area (Å²) in [6.07, 6.45) is -2.97. The first-order valence-electron chi connectivity index (χ1n) is 9.85. The molecule has 3 aliphatic rings. The van der Waals surface area contributed by atoms with Gasteiger partial charge >= 0.3 is 12.1 Å². The Hall–Kier alpha value is -3.33. The SMILES string of the molecule is COC(=O)c1ccc(N2C(=S)N(C3=CN=C(C#N)C(C(F)(F)F)C3)C(=O)C23CCC3)cc1F. The van der Waals surface area contributed by atoms with Gasteiger partial charge in [-0.05, 0) is 49.7 Å². The van der Waals surface area contributed by atoms with Crippen LogP contribution >= 0.6 is 12.2 Å². The lowest BCUT2D eigenvalue weighted by Gasteiger charge is -2.43. The van der Waals surface area contributed by atoms with E-state index in [4.69, 9.17) is 17.5 Å². The van der Waals surface area contributed by atoms with Crippen molar-refractivity contribution in [1.29, 1.82) is 5.26 Å². The number of nitriles is 1. The third-order valence-corrected chi connectivity index (χ3v) is 6.47. The second-order valence-electron chi connectivity index (χ2n) is 7.84. The van der Waals surface area contributed by atoms with Gasteiger partial charge in [0.05, 0.1) is 12.7 Å². The summed E-state index contributed by atoms with van der Waals surface area (Å²) in [5, 5.41) is 8.90. The van der Waals surface area contributed by atoms with Gasteiger partial charge in [0.1, 0.15) is 29.1 Å². The first kappa shape index (κ1) is 22.8. The molecule has 1 aromatic carbocycles. The fraction of sp³-hybridized carbons (Fsp3) is 0.381. The van der Waals surface area contributed by atoms with Crippen LogP contribution in [-0.4, -0.2) is 46.4 Å². The van der Waals surface area contributed by atoms with E-state index < -0.39 is 47.5 Å². The number of alkyl halides is 3. The zero-order valence-electron chi connectivity index (χ0n) is 17.1. The molecule has 1 saturated heterocycles. The van der Waals surface area contributed by atoms with Crippen molar-refractivity contribution in [3.05, 3.63) is 41.5 Å². The molecule has 0 radical (unpaired) electrons. The van der Waals surface area contributed by atoms with Crippen molar-refractivity contribution in [2.45, 2.75) is 37.4 Å². The van der Waals surface area contributed by atoms with Crippen molar-refractivity contribution in [2.75, 3.05) is 12.0 Å². The highest BCUT2D eigenvalue weighted by Crippen LogP contribution is 2.49. The minimum atomic E-state index is -4.74. The summed E-state index contributed by atoms with van der Waals surface area (Å²) in [5.41, 5.74) is -2.07. The number of aliphatic imine (C=N–C) groups is 1. The smallest absolute Gasteiger partial charge is 0.398 e. The van der Waals surface area contributed by atoms with Crippen molar-refractivity contribution in [3.63, 3.8) is 0 Å². The van der Waals surface area contributed by atoms with E-state index in [2.05, 4.69) is 9.73 Å². The molecule has 0 N–H and O–H groups in total. The van der Waals surface area contributed by atoms with Gasteiger partial charge in [0.25, 0.3) is 5.91 Å². The number of rotatable bonds is 3. The van der Waals surface area contributed by atoms with Crippen LogP contribution < -0.4 is 4.90 Å². The number of nitrogens with zero attached hydrogens (tertiary/aromatic N) is 4. The van der Waals surface area contributed by atoms with Crippen LogP contribution in [0.4, 0.5) is 23.2 Å². The number of anilines is 1. The van der Waals surface area contributed by atoms with Crippen LogP contribution in [-0.2, 0) is 9.53 Å². The van der Waals surface area contributed by atoms with Crippen molar-refractivity contribution >= 4 is 40.6 Å². The van der Waals surface area contributed by atoms with Crippen molar-refractivity contribution in [1.82, 2.24) is 4.90 Å². The van der Waals surface area contributed by atoms with Crippen molar-refractivity contribution in [3.8, 4) is 6.07 Å². The molecule has 172 valence electrons. The molecule has 1 saturated carbocycles. The number of allylic oxidation sites excluding steroid dienone is 1. The number of esters is 1. The average Bonchev–Trinajstić information content (AvgIpc) is 2.98. The van der Waals surface area contributed by atoms with Gasteiger partial charge in [-0.3, -0.25) is 9.69 Å². The van der Waals surface area contributed by atoms with Crippen LogP contribution in [0.25, 0.3) is 0 Å². The monoisotopic (exact) mass is 480 g/mol. The Morgan fingerprint density at radius 2 is 2.06 bits per heavy atom. The van der Waals surface area contributed by atoms with Gasteiger partial charge in [0.15, 0.2) is 5.11 Å². The topological polar surface area (TPSA) is 86.0 Å². The number of benzene rings is 1. The highest BCUT2D eigenvalue weighted by atomic mass is 32.1. The normalized spacial score (nSPS) is 22.0. The van der Waals surface area contributed by atoms with Crippen LogP contribution in [0, 0.1) is 23.1 Å². The van der Waals surface area contributed by atoms with Crippen LogP contribution in [0.2, 0.25) is 0 Å². The molecule has 2 fully saturated rings. The molecule has 7 nitrogen and oxygen atoms in total. The molecule has 0 aromatic heterocycles. The number of amides is 1. The van der Waals surface area contributed by atoms with E-state index in [1.807, 2.05) is 0 Å². The first-order chi connectivity index (χ1) is 15.5. The molecule has 4 rings (SSSR count). The fourth-order valence-corrected chi connectivity index (χ4v) is 4.75. The minimum Gasteiger partial charge on any atom is -0.465 e. The quantitative estimate of drug-likeness (QED) is 0.371. The molecule has 0 bridgehead atoms. The Bertz CT molecular complexity index is 1170. The number of halogens is 4. The zero-order chi connectivity index (χ0) is 24.1. The summed E-state index contributed by atoms with van der Waals surface area (Å²) in [5.74, 6) is -4.46. The lowest BCUT2D eigenvalue weighted by Crippen LogP contribution is -2.55. The predicted molar refractivity (Wildman–Crippen MR) is 112 cm³/mol. The van der Waals surface area contributed by atoms with E-state index in [0.717, 1.165) is 24.3 Å².